The van der Waals surface area contributed by atoms with Crippen molar-refractivity contribution in [2.45, 2.75) is 52.0 Å². The van der Waals surface area contributed by atoms with Crippen molar-refractivity contribution in [1.82, 2.24) is 9.97 Å². The Morgan fingerprint density at radius 1 is 1.09 bits per heavy atom. The van der Waals surface area contributed by atoms with Gasteiger partial charge in [0.15, 0.2) is 0 Å². The maximum Gasteiger partial charge on any atom is 0.225 e. The summed E-state index contributed by atoms with van der Waals surface area (Å²) >= 11 is 0. The van der Waals surface area contributed by atoms with Crippen LogP contribution in [0.2, 0.25) is 0 Å². The summed E-state index contributed by atoms with van der Waals surface area (Å²) in [6.07, 6.45) is 2.43. The number of anilines is 3. The lowest BCUT2D eigenvalue weighted by Gasteiger charge is -2.23. The monoisotopic (exact) mass is 296 g/mol. The first-order valence-corrected chi connectivity index (χ1v) is 7.90. The van der Waals surface area contributed by atoms with E-state index in [1.807, 2.05) is 13.0 Å². The average Bonchev–Trinajstić information content (AvgIpc) is 3.21. The molecule has 4 heteroatoms. The van der Waals surface area contributed by atoms with Crippen molar-refractivity contribution in [1.29, 1.82) is 0 Å². The zero-order chi connectivity index (χ0) is 15.7. The summed E-state index contributed by atoms with van der Waals surface area (Å²) < 4.78 is 0. The van der Waals surface area contributed by atoms with Gasteiger partial charge in [-0.25, -0.2) is 4.98 Å². The first-order chi connectivity index (χ1) is 10.4. The van der Waals surface area contributed by atoms with E-state index in [4.69, 9.17) is 0 Å². The summed E-state index contributed by atoms with van der Waals surface area (Å²) in [5, 5.41) is 6.83. The number of hydrogen-bond donors (Lipinski definition) is 2. The van der Waals surface area contributed by atoms with Crippen LogP contribution in [0.1, 0.15) is 44.9 Å². The van der Waals surface area contributed by atoms with E-state index in [1.165, 1.54) is 18.4 Å². The molecule has 0 radical (unpaired) electrons. The molecule has 1 aromatic carbocycles. The van der Waals surface area contributed by atoms with Crippen LogP contribution in [-0.4, -0.2) is 16.0 Å². The number of benzene rings is 1. The van der Waals surface area contributed by atoms with Crippen molar-refractivity contribution < 1.29 is 0 Å². The molecule has 1 aromatic heterocycles. The number of para-hydroxylation sites is 1. The summed E-state index contributed by atoms with van der Waals surface area (Å²) in [5.41, 5.74) is 3.43. The van der Waals surface area contributed by atoms with Gasteiger partial charge < -0.3 is 10.6 Å². The van der Waals surface area contributed by atoms with Gasteiger partial charge in [-0.1, -0.05) is 39.0 Å². The van der Waals surface area contributed by atoms with Crippen molar-refractivity contribution in [3.8, 4) is 0 Å². The summed E-state index contributed by atoms with van der Waals surface area (Å²) in [5.74, 6) is 1.56. The summed E-state index contributed by atoms with van der Waals surface area (Å²) in [7, 11) is 0. The van der Waals surface area contributed by atoms with E-state index in [0.29, 0.717) is 6.04 Å². The SMILES string of the molecule is Cc1cc(Nc2ccccc2C(C)(C)C)nc(NC2CC2)n1. The topological polar surface area (TPSA) is 49.8 Å². The Morgan fingerprint density at radius 2 is 1.82 bits per heavy atom. The maximum atomic E-state index is 4.60. The van der Waals surface area contributed by atoms with Gasteiger partial charge in [-0.3, -0.25) is 0 Å². The second kappa shape index (κ2) is 5.59. The van der Waals surface area contributed by atoms with Crippen molar-refractivity contribution in [2.75, 3.05) is 10.6 Å². The van der Waals surface area contributed by atoms with E-state index in [2.05, 4.69) is 65.6 Å². The fourth-order valence-corrected chi connectivity index (χ4v) is 2.49. The van der Waals surface area contributed by atoms with E-state index in [1.54, 1.807) is 0 Å². The van der Waals surface area contributed by atoms with Crippen LogP contribution in [0.25, 0.3) is 0 Å². The lowest BCUT2D eigenvalue weighted by atomic mass is 9.86. The molecule has 0 aliphatic heterocycles. The fourth-order valence-electron chi connectivity index (χ4n) is 2.49. The fraction of sp³-hybridized carbons (Fsp3) is 0.444. The molecule has 1 fully saturated rings. The van der Waals surface area contributed by atoms with Crippen LogP contribution >= 0.6 is 0 Å². The number of hydrogen-bond acceptors (Lipinski definition) is 4. The van der Waals surface area contributed by atoms with Gasteiger partial charge in [-0.2, -0.15) is 4.98 Å². The molecule has 0 saturated heterocycles. The molecule has 0 spiro atoms. The third kappa shape index (κ3) is 3.56. The van der Waals surface area contributed by atoms with Gasteiger partial charge in [0.05, 0.1) is 0 Å². The smallest absolute Gasteiger partial charge is 0.225 e. The van der Waals surface area contributed by atoms with Crippen LogP contribution in [-0.2, 0) is 5.41 Å². The summed E-state index contributed by atoms with van der Waals surface area (Å²) in [6, 6.07) is 10.9. The minimum atomic E-state index is 0.0841. The Hall–Kier alpha value is -2.10. The van der Waals surface area contributed by atoms with E-state index >= 15 is 0 Å². The number of nitrogens with one attached hydrogen (secondary N) is 2. The van der Waals surface area contributed by atoms with Crippen molar-refractivity contribution in [3.63, 3.8) is 0 Å². The van der Waals surface area contributed by atoms with Crippen LogP contribution in [0.3, 0.4) is 0 Å². The molecule has 4 nitrogen and oxygen atoms in total. The lowest BCUT2D eigenvalue weighted by molar-refractivity contribution is 0.592. The molecule has 3 rings (SSSR count). The second-order valence-corrected chi connectivity index (χ2v) is 7.06. The molecular formula is C18H24N4. The summed E-state index contributed by atoms with van der Waals surface area (Å²) in [6.45, 7) is 8.66. The Kier molecular flexibility index (Phi) is 3.77. The van der Waals surface area contributed by atoms with Gasteiger partial charge in [0.25, 0.3) is 0 Å². The maximum absolute atomic E-state index is 4.60. The highest BCUT2D eigenvalue weighted by molar-refractivity contribution is 5.63. The molecule has 0 unspecified atom stereocenters. The van der Waals surface area contributed by atoms with Gasteiger partial charge in [-0.05, 0) is 36.8 Å². The Bertz CT molecular complexity index is 669. The standard InChI is InChI=1S/C18H24N4/c1-12-11-16(22-17(19-12)20-13-9-10-13)21-15-8-6-5-7-14(15)18(2,3)4/h5-8,11,13H,9-10H2,1-4H3,(H2,19,20,21,22). The van der Waals surface area contributed by atoms with Gasteiger partial charge in [0.1, 0.15) is 5.82 Å². The molecule has 2 N–H and O–H groups in total. The van der Waals surface area contributed by atoms with Crippen LogP contribution < -0.4 is 10.6 Å². The predicted molar refractivity (Wildman–Crippen MR) is 91.8 cm³/mol. The van der Waals surface area contributed by atoms with Gasteiger partial charge in [0, 0.05) is 23.5 Å². The number of aryl methyl sites for hydroxylation is 1. The van der Waals surface area contributed by atoms with Crippen LogP contribution in [0, 0.1) is 6.92 Å². The third-order valence-electron chi connectivity index (χ3n) is 3.76. The van der Waals surface area contributed by atoms with Crippen LogP contribution in [0.4, 0.5) is 17.5 Å². The van der Waals surface area contributed by atoms with E-state index in [0.717, 1.165) is 23.1 Å². The number of nitrogens with zero attached hydrogens (tertiary/aromatic N) is 2. The Balaban J connectivity index is 1.88. The number of rotatable bonds is 4. The first kappa shape index (κ1) is 14.8. The molecule has 1 aliphatic carbocycles. The molecule has 0 amide bonds. The minimum Gasteiger partial charge on any atom is -0.351 e. The normalized spacial score (nSPS) is 14.7. The molecule has 1 aliphatic rings. The Morgan fingerprint density at radius 3 is 2.50 bits per heavy atom. The molecule has 22 heavy (non-hydrogen) atoms. The molecular weight excluding hydrogens is 272 g/mol. The zero-order valence-electron chi connectivity index (χ0n) is 13.8. The quantitative estimate of drug-likeness (QED) is 0.878. The van der Waals surface area contributed by atoms with E-state index in [-0.39, 0.29) is 5.41 Å². The van der Waals surface area contributed by atoms with Crippen LogP contribution in [0.15, 0.2) is 30.3 Å². The number of aromatic nitrogens is 2. The van der Waals surface area contributed by atoms with Crippen molar-refractivity contribution in [2.24, 2.45) is 0 Å². The second-order valence-electron chi connectivity index (χ2n) is 7.06. The predicted octanol–water partition coefficient (Wildman–Crippen LogP) is 4.40. The molecule has 1 saturated carbocycles. The van der Waals surface area contributed by atoms with Crippen molar-refractivity contribution in [3.05, 3.63) is 41.6 Å². The highest BCUT2D eigenvalue weighted by Crippen LogP contribution is 2.31. The van der Waals surface area contributed by atoms with Gasteiger partial charge >= 0.3 is 0 Å². The highest BCUT2D eigenvalue weighted by atomic mass is 15.2. The van der Waals surface area contributed by atoms with E-state index < -0.39 is 0 Å². The molecule has 116 valence electrons. The molecule has 1 heterocycles. The average molecular weight is 296 g/mol. The third-order valence-corrected chi connectivity index (χ3v) is 3.76. The molecule has 2 aromatic rings. The van der Waals surface area contributed by atoms with Gasteiger partial charge in [-0.15, -0.1) is 0 Å². The summed E-state index contributed by atoms with van der Waals surface area (Å²) in [4.78, 5) is 9.06. The Labute approximate surface area is 132 Å². The highest BCUT2D eigenvalue weighted by Gasteiger charge is 2.22. The zero-order valence-corrected chi connectivity index (χ0v) is 13.8. The minimum absolute atomic E-state index is 0.0841. The van der Waals surface area contributed by atoms with Gasteiger partial charge in [0.2, 0.25) is 5.95 Å². The molecule has 0 bridgehead atoms. The van der Waals surface area contributed by atoms with E-state index in [9.17, 15) is 0 Å². The first-order valence-electron chi connectivity index (χ1n) is 7.90. The largest absolute Gasteiger partial charge is 0.351 e. The molecule has 0 atom stereocenters. The lowest BCUT2D eigenvalue weighted by Crippen LogP contribution is -2.14. The van der Waals surface area contributed by atoms with Crippen LogP contribution in [0.5, 0.6) is 0 Å². The van der Waals surface area contributed by atoms with Crippen molar-refractivity contribution >= 4 is 17.5 Å².